The molecule has 0 radical (unpaired) electrons. The summed E-state index contributed by atoms with van der Waals surface area (Å²) >= 11 is 0. The first-order chi connectivity index (χ1) is 9.13. The smallest absolute Gasteiger partial charge is 0.123 e. The second-order valence-corrected chi connectivity index (χ2v) is 5.39. The molecule has 0 fully saturated rings. The van der Waals surface area contributed by atoms with E-state index in [1.165, 1.54) is 19.3 Å². The number of allylic oxidation sites excluding steroid dienone is 1. The van der Waals surface area contributed by atoms with E-state index in [0.717, 1.165) is 30.1 Å². The van der Waals surface area contributed by atoms with Crippen molar-refractivity contribution in [3.05, 3.63) is 29.8 Å². The Labute approximate surface area is 115 Å². The summed E-state index contributed by atoms with van der Waals surface area (Å²) < 4.78 is 5.68. The summed E-state index contributed by atoms with van der Waals surface area (Å²) in [4.78, 5) is 0. The molecule has 0 heterocycles. The van der Waals surface area contributed by atoms with E-state index in [2.05, 4.69) is 11.4 Å². The van der Waals surface area contributed by atoms with Crippen molar-refractivity contribution in [2.45, 2.75) is 45.6 Å². The molecule has 104 valence electrons. The van der Waals surface area contributed by atoms with Crippen molar-refractivity contribution in [1.82, 2.24) is 0 Å². The predicted molar refractivity (Wildman–Crippen MR) is 81.7 cm³/mol. The molecule has 0 saturated carbocycles. The van der Waals surface area contributed by atoms with E-state index in [1.54, 1.807) is 5.57 Å². The van der Waals surface area contributed by atoms with Crippen molar-refractivity contribution in [3.8, 4) is 5.75 Å². The predicted octanol–water partition coefficient (Wildman–Crippen LogP) is 3.97. The minimum atomic E-state index is 0.165. The van der Waals surface area contributed by atoms with Crippen LogP contribution in [-0.4, -0.2) is 12.6 Å². The maximum Gasteiger partial charge on any atom is 0.123 e. The van der Waals surface area contributed by atoms with Crippen molar-refractivity contribution >= 4 is 11.4 Å². The van der Waals surface area contributed by atoms with Gasteiger partial charge in [-0.05, 0) is 45.6 Å². The van der Waals surface area contributed by atoms with Gasteiger partial charge < -0.3 is 15.8 Å². The van der Waals surface area contributed by atoms with Gasteiger partial charge in [0.2, 0.25) is 0 Å². The molecule has 0 bridgehead atoms. The van der Waals surface area contributed by atoms with Crippen LogP contribution in [0.5, 0.6) is 5.75 Å². The van der Waals surface area contributed by atoms with Crippen LogP contribution in [0.2, 0.25) is 0 Å². The standard InChI is InChI=1S/C16H24N2O/c1-12(2)19-16-10-14(17)9-15(11-16)18-8-7-13-5-3-4-6-13/h5,9-12,18H,3-4,6-8,17H2,1-2H3. The fraction of sp³-hybridized carbons (Fsp3) is 0.500. The van der Waals surface area contributed by atoms with Gasteiger partial charge in [0, 0.05) is 30.1 Å². The number of nitrogens with one attached hydrogen (secondary N) is 1. The van der Waals surface area contributed by atoms with Crippen LogP contribution in [-0.2, 0) is 0 Å². The topological polar surface area (TPSA) is 47.3 Å². The van der Waals surface area contributed by atoms with Gasteiger partial charge in [0.25, 0.3) is 0 Å². The molecule has 1 aromatic rings. The summed E-state index contributed by atoms with van der Waals surface area (Å²) in [6.45, 7) is 4.99. The molecule has 1 aliphatic rings. The molecule has 0 atom stereocenters. The summed E-state index contributed by atoms with van der Waals surface area (Å²) in [6.07, 6.45) is 7.49. The van der Waals surface area contributed by atoms with Crippen molar-refractivity contribution in [1.29, 1.82) is 0 Å². The molecule has 1 aromatic carbocycles. The second-order valence-electron chi connectivity index (χ2n) is 5.39. The molecule has 0 amide bonds. The zero-order chi connectivity index (χ0) is 13.7. The Kier molecular flexibility index (Phi) is 4.72. The molecule has 3 N–H and O–H groups in total. The Morgan fingerprint density at radius 1 is 1.32 bits per heavy atom. The van der Waals surface area contributed by atoms with Gasteiger partial charge >= 0.3 is 0 Å². The zero-order valence-corrected chi connectivity index (χ0v) is 11.9. The lowest BCUT2D eigenvalue weighted by atomic mass is 10.1. The van der Waals surface area contributed by atoms with E-state index in [4.69, 9.17) is 10.5 Å². The fourth-order valence-corrected chi connectivity index (χ4v) is 2.40. The highest BCUT2D eigenvalue weighted by Crippen LogP contribution is 2.24. The van der Waals surface area contributed by atoms with E-state index in [0.29, 0.717) is 0 Å². The first kappa shape index (κ1) is 13.8. The van der Waals surface area contributed by atoms with Crippen LogP contribution in [0.15, 0.2) is 29.8 Å². The second kappa shape index (κ2) is 6.50. The van der Waals surface area contributed by atoms with Crippen LogP contribution >= 0.6 is 0 Å². The number of benzene rings is 1. The Morgan fingerprint density at radius 3 is 2.84 bits per heavy atom. The minimum absolute atomic E-state index is 0.165. The summed E-state index contributed by atoms with van der Waals surface area (Å²) in [5, 5.41) is 3.43. The Hall–Kier alpha value is -1.64. The maximum atomic E-state index is 5.90. The molecule has 0 aliphatic heterocycles. The van der Waals surface area contributed by atoms with Crippen molar-refractivity contribution in [3.63, 3.8) is 0 Å². The average Bonchev–Trinajstić information content (AvgIpc) is 2.80. The number of hydrogen-bond donors (Lipinski definition) is 2. The number of hydrogen-bond acceptors (Lipinski definition) is 3. The van der Waals surface area contributed by atoms with Crippen LogP contribution in [0, 0.1) is 0 Å². The van der Waals surface area contributed by atoms with Crippen LogP contribution in [0.3, 0.4) is 0 Å². The van der Waals surface area contributed by atoms with Crippen molar-refractivity contribution in [2.24, 2.45) is 0 Å². The molecular weight excluding hydrogens is 236 g/mol. The van der Waals surface area contributed by atoms with E-state index >= 15 is 0 Å². The molecule has 0 unspecified atom stereocenters. The SMILES string of the molecule is CC(C)Oc1cc(N)cc(NCCC2=CCCC2)c1. The third-order valence-corrected chi connectivity index (χ3v) is 3.21. The van der Waals surface area contributed by atoms with Gasteiger partial charge in [0.05, 0.1) is 6.10 Å². The van der Waals surface area contributed by atoms with Gasteiger partial charge in [-0.15, -0.1) is 0 Å². The number of ether oxygens (including phenoxy) is 1. The molecular formula is C16H24N2O. The average molecular weight is 260 g/mol. The molecule has 3 heteroatoms. The maximum absolute atomic E-state index is 5.90. The van der Waals surface area contributed by atoms with E-state index in [-0.39, 0.29) is 6.10 Å². The van der Waals surface area contributed by atoms with Crippen molar-refractivity contribution < 1.29 is 4.74 Å². The Balaban J connectivity index is 1.89. The molecule has 0 spiro atoms. The van der Waals surface area contributed by atoms with E-state index in [9.17, 15) is 0 Å². The number of nitrogen functional groups attached to an aromatic ring is 1. The molecule has 1 aliphatic carbocycles. The van der Waals surface area contributed by atoms with Gasteiger partial charge in [-0.25, -0.2) is 0 Å². The van der Waals surface area contributed by atoms with Gasteiger partial charge in [-0.1, -0.05) is 11.6 Å². The van der Waals surface area contributed by atoms with Gasteiger partial charge in [-0.3, -0.25) is 0 Å². The fourth-order valence-electron chi connectivity index (χ4n) is 2.40. The molecule has 0 saturated heterocycles. The highest BCUT2D eigenvalue weighted by molar-refractivity contribution is 5.59. The first-order valence-corrected chi connectivity index (χ1v) is 7.12. The monoisotopic (exact) mass is 260 g/mol. The van der Waals surface area contributed by atoms with Crippen LogP contribution in [0.1, 0.15) is 39.5 Å². The Morgan fingerprint density at radius 2 is 2.16 bits per heavy atom. The molecule has 19 heavy (non-hydrogen) atoms. The van der Waals surface area contributed by atoms with Crippen LogP contribution < -0.4 is 15.8 Å². The van der Waals surface area contributed by atoms with E-state index in [1.807, 2.05) is 32.0 Å². The Bertz CT molecular complexity index is 452. The summed E-state index contributed by atoms with van der Waals surface area (Å²) in [7, 11) is 0. The third-order valence-electron chi connectivity index (χ3n) is 3.21. The molecule has 2 rings (SSSR count). The highest BCUT2D eigenvalue weighted by Gasteiger charge is 2.05. The third kappa shape index (κ3) is 4.51. The minimum Gasteiger partial charge on any atom is -0.491 e. The van der Waals surface area contributed by atoms with E-state index < -0.39 is 0 Å². The quantitative estimate of drug-likeness (QED) is 0.601. The number of anilines is 2. The lowest BCUT2D eigenvalue weighted by molar-refractivity contribution is 0.242. The highest BCUT2D eigenvalue weighted by atomic mass is 16.5. The summed E-state index contributed by atoms with van der Waals surface area (Å²) in [5.41, 5.74) is 9.25. The normalized spacial score (nSPS) is 14.6. The number of rotatable bonds is 6. The first-order valence-electron chi connectivity index (χ1n) is 7.12. The zero-order valence-electron chi connectivity index (χ0n) is 11.9. The van der Waals surface area contributed by atoms with Gasteiger partial charge in [0.1, 0.15) is 5.75 Å². The molecule has 3 nitrogen and oxygen atoms in total. The van der Waals surface area contributed by atoms with Crippen molar-refractivity contribution in [2.75, 3.05) is 17.6 Å². The van der Waals surface area contributed by atoms with Gasteiger partial charge in [0.15, 0.2) is 0 Å². The van der Waals surface area contributed by atoms with Crippen LogP contribution in [0.4, 0.5) is 11.4 Å². The lowest BCUT2D eigenvalue weighted by Crippen LogP contribution is -2.07. The summed E-state index contributed by atoms with van der Waals surface area (Å²) in [6, 6.07) is 5.83. The lowest BCUT2D eigenvalue weighted by Gasteiger charge is -2.13. The van der Waals surface area contributed by atoms with Gasteiger partial charge in [-0.2, -0.15) is 0 Å². The van der Waals surface area contributed by atoms with Crippen LogP contribution in [0.25, 0.3) is 0 Å². The molecule has 0 aromatic heterocycles. The number of nitrogens with two attached hydrogens (primary N) is 1. The largest absolute Gasteiger partial charge is 0.491 e. The summed E-state index contributed by atoms with van der Waals surface area (Å²) in [5.74, 6) is 0.831.